The van der Waals surface area contributed by atoms with Crippen LogP contribution in [-0.4, -0.2) is 18.1 Å². The quantitative estimate of drug-likeness (QED) is 0.862. The Labute approximate surface area is 108 Å². The van der Waals surface area contributed by atoms with Crippen LogP contribution in [-0.2, 0) is 9.53 Å². The molecule has 1 heterocycles. The van der Waals surface area contributed by atoms with Crippen molar-refractivity contribution in [2.24, 2.45) is 5.73 Å². The van der Waals surface area contributed by atoms with Gasteiger partial charge in [0, 0.05) is 18.3 Å². The number of hydrogen-bond acceptors (Lipinski definition) is 3. The van der Waals surface area contributed by atoms with Gasteiger partial charge in [-0.1, -0.05) is 12.1 Å². The Kier molecular flexibility index (Phi) is 3.68. The highest BCUT2D eigenvalue weighted by Crippen LogP contribution is 2.27. The molecule has 3 N–H and O–H groups in total. The van der Waals surface area contributed by atoms with E-state index >= 15 is 0 Å². The van der Waals surface area contributed by atoms with Crippen molar-refractivity contribution in [2.75, 3.05) is 11.9 Å². The molecule has 1 fully saturated rings. The number of rotatable bonds is 3. The highest BCUT2D eigenvalue weighted by molar-refractivity contribution is 5.97. The largest absolute Gasteiger partial charge is 0.365 e. The summed E-state index contributed by atoms with van der Waals surface area (Å²) in [6.07, 6.45) is 1.70. The second-order valence-corrected chi connectivity index (χ2v) is 5.05. The van der Waals surface area contributed by atoms with Gasteiger partial charge in [-0.15, -0.1) is 0 Å². The summed E-state index contributed by atoms with van der Waals surface area (Å²) in [7, 11) is 0. The number of hydrogen-bond donors (Lipinski definition) is 2. The van der Waals surface area contributed by atoms with E-state index in [1.807, 2.05) is 38.1 Å². The highest BCUT2D eigenvalue weighted by Gasteiger charge is 2.37. The SMILES string of the molecule is CC(N)c1cccc(NC(=O)C2(C)CCCO2)c1. The first kappa shape index (κ1) is 13.1. The molecular weight excluding hydrogens is 228 g/mol. The van der Waals surface area contributed by atoms with Crippen LogP contribution >= 0.6 is 0 Å². The molecule has 1 aromatic rings. The predicted octanol–water partition coefficient (Wildman–Crippen LogP) is 2.21. The number of amides is 1. The van der Waals surface area contributed by atoms with Crippen LogP contribution in [0.4, 0.5) is 5.69 Å². The lowest BCUT2D eigenvalue weighted by Gasteiger charge is -2.22. The second kappa shape index (κ2) is 5.08. The van der Waals surface area contributed by atoms with Crippen molar-refractivity contribution >= 4 is 11.6 Å². The molecule has 2 atom stereocenters. The molecule has 0 aliphatic carbocycles. The van der Waals surface area contributed by atoms with E-state index < -0.39 is 5.60 Å². The topological polar surface area (TPSA) is 64.3 Å². The van der Waals surface area contributed by atoms with Gasteiger partial charge in [0.15, 0.2) is 0 Å². The molecule has 1 saturated heterocycles. The van der Waals surface area contributed by atoms with Crippen molar-refractivity contribution < 1.29 is 9.53 Å². The number of nitrogens with one attached hydrogen (secondary N) is 1. The molecule has 0 radical (unpaired) electrons. The number of anilines is 1. The summed E-state index contributed by atoms with van der Waals surface area (Å²) in [5.74, 6) is -0.0816. The second-order valence-electron chi connectivity index (χ2n) is 5.05. The van der Waals surface area contributed by atoms with Crippen LogP contribution in [0.5, 0.6) is 0 Å². The van der Waals surface area contributed by atoms with Crippen molar-refractivity contribution in [3.8, 4) is 0 Å². The van der Waals surface area contributed by atoms with Crippen molar-refractivity contribution in [3.05, 3.63) is 29.8 Å². The normalized spacial score (nSPS) is 24.8. The van der Waals surface area contributed by atoms with E-state index in [1.165, 1.54) is 0 Å². The Bertz CT molecular complexity index is 437. The average Bonchev–Trinajstić information content (AvgIpc) is 2.78. The number of benzene rings is 1. The van der Waals surface area contributed by atoms with Gasteiger partial charge in [0.2, 0.25) is 0 Å². The molecule has 98 valence electrons. The maximum absolute atomic E-state index is 12.2. The highest BCUT2D eigenvalue weighted by atomic mass is 16.5. The average molecular weight is 248 g/mol. The maximum Gasteiger partial charge on any atom is 0.256 e. The van der Waals surface area contributed by atoms with Gasteiger partial charge in [-0.3, -0.25) is 4.79 Å². The summed E-state index contributed by atoms with van der Waals surface area (Å²) < 4.78 is 5.52. The summed E-state index contributed by atoms with van der Waals surface area (Å²) in [6, 6.07) is 7.57. The molecule has 1 amide bonds. The lowest BCUT2D eigenvalue weighted by Crippen LogP contribution is -2.39. The van der Waals surface area contributed by atoms with Crippen LogP contribution in [0.1, 0.15) is 38.3 Å². The number of nitrogens with two attached hydrogens (primary N) is 1. The fourth-order valence-corrected chi connectivity index (χ4v) is 2.12. The zero-order valence-corrected chi connectivity index (χ0v) is 10.9. The number of carbonyl (C=O) groups excluding carboxylic acids is 1. The van der Waals surface area contributed by atoms with Gasteiger partial charge in [0.05, 0.1) is 0 Å². The molecule has 18 heavy (non-hydrogen) atoms. The van der Waals surface area contributed by atoms with E-state index in [9.17, 15) is 4.79 Å². The fourth-order valence-electron chi connectivity index (χ4n) is 2.12. The van der Waals surface area contributed by atoms with Crippen LogP contribution in [0.25, 0.3) is 0 Å². The molecule has 0 bridgehead atoms. The van der Waals surface area contributed by atoms with Crippen LogP contribution in [0.15, 0.2) is 24.3 Å². The van der Waals surface area contributed by atoms with Gasteiger partial charge in [0.1, 0.15) is 5.60 Å². The minimum atomic E-state index is -0.690. The van der Waals surface area contributed by atoms with E-state index in [1.54, 1.807) is 0 Å². The Morgan fingerprint density at radius 2 is 2.33 bits per heavy atom. The molecule has 2 rings (SSSR count). The monoisotopic (exact) mass is 248 g/mol. The molecule has 0 spiro atoms. The number of ether oxygens (including phenoxy) is 1. The molecule has 4 heteroatoms. The molecule has 0 aromatic heterocycles. The van der Waals surface area contributed by atoms with Crippen LogP contribution < -0.4 is 11.1 Å². The Hall–Kier alpha value is -1.39. The Morgan fingerprint density at radius 3 is 2.94 bits per heavy atom. The lowest BCUT2D eigenvalue weighted by atomic mass is 10.0. The third-order valence-corrected chi connectivity index (χ3v) is 3.37. The summed E-state index contributed by atoms with van der Waals surface area (Å²) >= 11 is 0. The van der Waals surface area contributed by atoms with Crippen molar-refractivity contribution in [2.45, 2.75) is 38.3 Å². The molecule has 2 unspecified atom stereocenters. The first-order valence-electron chi connectivity index (χ1n) is 6.32. The van der Waals surface area contributed by atoms with Crippen molar-refractivity contribution in [1.29, 1.82) is 0 Å². The van der Waals surface area contributed by atoms with Gasteiger partial charge in [-0.2, -0.15) is 0 Å². The van der Waals surface area contributed by atoms with E-state index in [4.69, 9.17) is 10.5 Å². The van der Waals surface area contributed by atoms with E-state index in [-0.39, 0.29) is 11.9 Å². The van der Waals surface area contributed by atoms with E-state index in [0.29, 0.717) is 6.61 Å². The third-order valence-electron chi connectivity index (χ3n) is 3.37. The van der Waals surface area contributed by atoms with Gasteiger partial charge in [-0.05, 0) is 44.4 Å². The minimum absolute atomic E-state index is 0.0415. The Balaban J connectivity index is 2.09. The molecule has 4 nitrogen and oxygen atoms in total. The molecule has 1 aliphatic heterocycles. The lowest BCUT2D eigenvalue weighted by molar-refractivity contribution is -0.133. The van der Waals surface area contributed by atoms with E-state index in [2.05, 4.69) is 5.32 Å². The number of carbonyl (C=O) groups is 1. The van der Waals surface area contributed by atoms with Crippen molar-refractivity contribution in [1.82, 2.24) is 0 Å². The fraction of sp³-hybridized carbons (Fsp3) is 0.500. The van der Waals surface area contributed by atoms with Crippen LogP contribution in [0.3, 0.4) is 0 Å². The predicted molar refractivity (Wildman–Crippen MR) is 71.3 cm³/mol. The third kappa shape index (κ3) is 2.71. The van der Waals surface area contributed by atoms with Crippen LogP contribution in [0, 0.1) is 0 Å². The summed E-state index contributed by atoms with van der Waals surface area (Å²) in [5, 5.41) is 2.90. The summed E-state index contributed by atoms with van der Waals surface area (Å²) in [5.41, 5.74) is 6.91. The van der Waals surface area contributed by atoms with Gasteiger partial charge >= 0.3 is 0 Å². The maximum atomic E-state index is 12.2. The first-order valence-corrected chi connectivity index (χ1v) is 6.32. The molecule has 0 saturated carbocycles. The van der Waals surface area contributed by atoms with Crippen molar-refractivity contribution in [3.63, 3.8) is 0 Å². The smallest absolute Gasteiger partial charge is 0.256 e. The molecular formula is C14H20N2O2. The van der Waals surface area contributed by atoms with E-state index in [0.717, 1.165) is 24.1 Å². The summed E-state index contributed by atoms with van der Waals surface area (Å²) in [4.78, 5) is 12.2. The minimum Gasteiger partial charge on any atom is -0.365 e. The zero-order chi connectivity index (χ0) is 13.2. The van der Waals surface area contributed by atoms with Gasteiger partial charge in [-0.25, -0.2) is 0 Å². The molecule has 1 aliphatic rings. The summed E-state index contributed by atoms with van der Waals surface area (Å²) in [6.45, 7) is 4.41. The Morgan fingerprint density at radius 1 is 1.56 bits per heavy atom. The van der Waals surface area contributed by atoms with Crippen LogP contribution in [0.2, 0.25) is 0 Å². The standard InChI is InChI=1S/C14H20N2O2/c1-10(15)11-5-3-6-12(9-11)16-13(17)14(2)7-4-8-18-14/h3,5-6,9-10H,4,7-8,15H2,1-2H3,(H,16,17). The first-order chi connectivity index (χ1) is 8.51. The molecule has 1 aromatic carbocycles. The van der Waals surface area contributed by atoms with Gasteiger partial charge < -0.3 is 15.8 Å². The van der Waals surface area contributed by atoms with Gasteiger partial charge in [0.25, 0.3) is 5.91 Å². The zero-order valence-electron chi connectivity index (χ0n) is 10.9.